The average Bonchev–Trinajstić information content (AvgIpc) is 3.24. The van der Waals surface area contributed by atoms with Gasteiger partial charge in [-0.3, -0.25) is 14.4 Å². The Morgan fingerprint density at radius 1 is 1.32 bits per heavy atom. The van der Waals surface area contributed by atoms with Crippen LogP contribution in [-0.4, -0.2) is 36.3 Å². The fraction of sp³-hybridized carbons (Fsp3) is 0.571. The van der Waals surface area contributed by atoms with Crippen LogP contribution in [0.25, 0.3) is 0 Å². The average molecular weight is 403 g/mol. The Hall–Kier alpha value is -2.15. The summed E-state index contributed by atoms with van der Waals surface area (Å²) in [6.45, 7) is 1.07. The normalized spacial score (nSPS) is 26.7. The topological polar surface area (TPSA) is 75.7 Å². The molecule has 6 nitrogen and oxygen atoms in total. The lowest BCUT2D eigenvalue weighted by molar-refractivity contribution is -0.155. The summed E-state index contributed by atoms with van der Waals surface area (Å²) in [5.41, 5.74) is 1.08. The van der Waals surface area contributed by atoms with Crippen LogP contribution in [0.2, 0.25) is 0 Å². The second-order valence-electron chi connectivity index (χ2n) is 7.83. The Balaban J connectivity index is 1.65. The molecule has 28 heavy (non-hydrogen) atoms. The van der Waals surface area contributed by atoms with E-state index in [0.717, 1.165) is 42.7 Å². The molecular weight excluding hydrogens is 376 g/mol. The summed E-state index contributed by atoms with van der Waals surface area (Å²) >= 11 is 1.58. The molecule has 1 saturated heterocycles. The second-order valence-corrected chi connectivity index (χ2v) is 8.86. The molecule has 1 N–H and O–H groups in total. The molecule has 0 spiro atoms. The van der Waals surface area contributed by atoms with E-state index in [0.29, 0.717) is 19.5 Å². The summed E-state index contributed by atoms with van der Waals surface area (Å²) < 4.78 is 5.21. The molecule has 0 radical (unpaired) electrons. The minimum atomic E-state index is -1.00. The van der Waals surface area contributed by atoms with Crippen LogP contribution >= 0.6 is 11.3 Å². The fourth-order valence-corrected chi connectivity index (χ4v) is 5.78. The zero-order chi connectivity index (χ0) is 19.7. The van der Waals surface area contributed by atoms with Crippen molar-refractivity contribution in [2.24, 2.45) is 11.3 Å². The molecule has 0 unspecified atom stereocenters. The Morgan fingerprint density at radius 3 is 2.89 bits per heavy atom. The number of esters is 1. The molecule has 2 atom stereocenters. The van der Waals surface area contributed by atoms with Crippen molar-refractivity contribution >= 4 is 29.1 Å². The number of nitrogens with zero attached hydrogens (tertiary/aromatic N) is 1. The molecule has 150 valence electrons. The van der Waals surface area contributed by atoms with Gasteiger partial charge in [-0.25, -0.2) is 0 Å². The molecule has 1 fully saturated rings. The number of allylic oxidation sites excluding steroid dienone is 1. The van der Waals surface area contributed by atoms with Gasteiger partial charge in [-0.05, 0) is 49.1 Å². The van der Waals surface area contributed by atoms with Gasteiger partial charge in [0, 0.05) is 23.5 Å². The van der Waals surface area contributed by atoms with Gasteiger partial charge in [0.2, 0.25) is 11.8 Å². The smallest absolute Gasteiger partial charge is 0.318 e. The number of carbonyl (C=O) groups is 3. The maximum Gasteiger partial charge on any atom is 0.318 e. The number of hydrogen-bond acceptors (Lipinski definition) is 5. The number of thiophene rings is 1. The largest absolute Gasteiger partial charge is 0.468 e. The Morgan fingerprint density at radius 2 is 2.14 bits per heavy atom. The molecule has 2 aliphatic heterocycles. The second kappa shape index (κ2) is 7.70. The third kappa shape index (κ3) is 3.05. The van der Waals surface area contributed by atoms with Gasteiger partial charge in [0.1, 0.15) is 5.41 Å². The zero-order valence-corrected chi connectivity index (χ0v) is 17.0. The van der Waals surface area contributed by atoms with Crippen LogP contribution < -0.4 is 5.32 Å². The van der Waals surface area contributed by atoms with Crippen LogP contribution in [-0.2, 0) is 25.7 Å². The van der Waals surface area contributed by atoms with Gasteiger partial charge in [0.05, 0.1) is 19.6 Å². The van der Waals surface area contributed by atoms with E-state index in [1.165, 1.54) is 12.7 Å². The van der Waals surface area contributed by atoms with Crippen molar-refractivity contribution in [3.8, 4) is 0 Å². The van der Waals surface area contributed by atoms with E-state index in [-0.39, 0.29) is 24.2 Å². The van der Waals surface area contributed by atoms with E-state index in [4.69, 9.17) is 4.74 Å². The highest BCUT2D eigenvalue weighted by atomic mass is 32.1. The molecule has 7 heteroatoms. The summed E-state index contributed by atoms with van der Waals surface area (Å²) in [5.74, 6) is -1.33. The van der Waals surface area contributed by atoms with Gasteiger partial charge in [0.25, 0.3) is 0 Å². The van der Waals surface area contributed by atoms with Crippen LogP contribution in [0.5, 0.6) is 0 Å². The van der Waals surface area contributed by atoms with Crippen molar-refractivity contribution in [1.82, 2.24) is 10.2 Å². The van der Waals surface area contributed by atoms with Crippen molar-refractivity contribution in [3.63, 3.8) is 0 Å². The molecule has 4 rings (SSSR count). The van der Waals surface area contributed by atoms with Gasteiger partial charge in [-0.15, -0.1) is 11.3 Å². The molecular formula is C21H26N2O4S. The highest BCUT2D eigenvalue weighted by Crippen LogP contribution is 2.56. The number of nitrogens with one attached hydrogen (secondary N) is 1. The summed E-state index contributed by atoms with van der Waals surface area (Å²) in [5, 5.41) is 4.87. The van der Waals surface area contributed by atoms with E-state index in [1.807, 2.05) is 17.5 Å². The third-order valence-corrected chi connectivity index (χ3v) is 7.20. The molecule has 1 aromatic rings. The van der Waals surface area contributed by atoms with Crippen molar-refractivity contribution in [2.45, 2.75) is 51.5 Å². The summed E-state index contributed by atoms with van der Waals surface area (Å²) in [6.07, 6.45) is 5.23. The predicted molar refractivity (Wildman–Crippen MR) is 105 cm³/mol. The molecule has 3 heterocycles. The Bertz CT molecular complexity index is 816. The molecule has 2 amide bonds. The highest BCUT2D eigenvalue weighted by molar-refractivity contribution is 7.09. The van der Waals surface area contributed by atoms with Gasteiger partial charge in [-0.1, -0.05) is 12.5 Å². The van der Waals surface area contributed by atoms with E-state index >= 15 is 0 Å². The van der Waals surface area contributed by atoms with Gasteiger partial charge >= 0.3 is 5.97 Å². The van der Waals surface area contributed by atoms with Crippen LogP contribution in [0.15, 0.2) is 28.8 Å². The van der Waals surface area contributed by atoms with E-state index < -0.39 is 11.3 Å². The van der Waals surface area contributed by atoms with E-state index in [2.05, 4.69) is 5.32 Å². The maximum atomic E-state index is 13.3. The third-order valence-electron chi connectivity index (χ3n) is 6.33. The summed E-state index contributed by atoms with van der Waals surface area (Å²) in [7, 11) is 1.38. The van der Waals surface area contributed by atoms with Crippen molar-refractivity contribution in [1.29, 1.82) is 0 Å². The number of amides is 2. The Labute approximate surface area is 168 Å². The number of ether oxygens (including phenoxy) is 1. The quantitative estimate of drug-likeness (QED) is 0.769. The minimum Gasteiger partial charge on any atom is -0.468 e. The summed E-state index contributed by atoms with van der Waals surface area (Å²) in [6, 6.07) is 3.90. The van der Waals surface area contributed by atoms with Crippen LogP contribution in [0.1, 0.15) is 49.8 Å². The SMILES string of the molecule is COC(=O)[C@@]12CCCCC3=C1N(CCC3)C(=O)[C@H]2CC(=O)NCc1cccs1. The number of carbonyl (C=O) groups excluding carboxylic acids is 3. The molecule has 0 bridgehead atoms. The molecule has 1 aromatic heterocycles. The number of rotatable bonds is 5. The Kier molecular flexibility index (Phi) is 5.27. The lowest BCUT2D eigenvalue weighted by Gasteiger charge is -2.34. The lowest BCUT2D eigenvalue weighted by Crippen LogP contribution is -2.41. The maximum absolute atomic E-state index is 13.3. The minimum absolute atomic E-state index is 0.0204. The molecule has 0 saturated carbocycles. The molecule has 3 aliphatic rings. The number of methoxy groups -OCH3 is 1. The van der Waals surface area contributed by atoms with Gasteiger partial charge in [0.15, 0.2) is 0 Å². The standard InChI is InChI=1S/C21H26N2O4S/c1-27-20(26)21-9-3-2-6-14-7-4-10-23(18(14)21)19(25)16(21)12-17(24)22-13-15-8-5-11-28-15/h5,8,11,16H,2-4,6-7,9-10,12-13H2,1H3,(H,22,24)/t16-,21-/m1/s1. The monoisotopic (exact) mass is 402 g/mol. The first-order valence-electron chi connectivity index (χ1n) is 9.99. The van der Waals surface area contributed by atoms with Gasteiger partial charge < -0.3 is 15.0 Å². The fourth-order valence-electron chi connectivity index (χ4n) is 5.13. The van der Waals surface area contributed by atoms with Crippen molar-refractivity contribution in [2.75, 3.05) is 13.7 Å². The zero-order valence-electron chi connectivity index (χ0n) is 16.2. The van der Waals surface area contributed by atoms with Crippen molar-refractivity contribution < 1.29 is 19.1 Å². The van der Waals surface area contributed by atoms with Crippen LogP contribution in [0.4, 0.5) is 0 Å². The van der Waals surface area contributed by atoms with E-state index in [9.17, 15) is 14.4 Å². The lowest BCUT2D eigenvalue weighted by atomic mass is 9.70. The highest BCUT2D eigenvalue weighted by Gasteiger charge is 2.62. The molecule has 0 aromatic carbocycles. The van der Waals surface area contributed by atoms with E-state index in [1.54, 1.807) is 16.2 Å². The first-order chi connectivity index (χ1) is 13.6. The van der Waals surface area contributed by atoms with Crippen LogP contribution in [0, 0.1) is 11.3 Å². The summed E-state index contributed by atoms with van der Waals surface area (Å²) in [4.78, 5) is 41.9. The van der Waals surface area contributed by atoms with Crippen molar-refractivity contribution in [3.05, 3.63) is 33.7 Å². The van der Waals surface area contributed by atoms with Crippen LogP contribution in [0.3, 0.4) is 0 Å². The predicted octanol–water partition coefficient (Wildman–Crippen LogP) is 2.99. The van der Waals surface area contributed by atoms with Gasteiger partial charge in [-0.2, -0.15) is 0 Å². The number of hydrogen-bond donors (Lipinski definition) is 1. The first kappa shape index (κ1) is 19.2. The molecule has 1 aliphatic carbocycles. The first-order valence-corrected chi connectivity index (χ1v) is 10.9.